The molecular formula is C37H49NO3. The minimum Gasteiger partial charge on any atom is -0.508 e. The molecule has 0 aliphatic carbocycles. The lowest BCUT2D eigenvalue weighted by Gasteiger charge is -2.34. The summed E-state index contributed by atoms with van der Waals surface area (Å²) in [6.45, 7) is 5.38. The standard InChI is InChI=1S/C37H49NO3/c39-32-20-23-34-36(28-32)41-29-35(30-16-10-9-11-17-30)37(34)31-18-21-33(22-19-31)40-27-15-8-6-4-2-1-3-5-7-12-24-38-25-13-14-26-38/h9-11,16-23,28,35,37,39H,1-8,12-15,24-27,29H2/t35-,37+/m1/s1. The highest BCUT2D eigenvalue weighted by Gasteiger charge is 2.33. The van der Waals surface area contributed by atoms with Gasteiger partial charge in [-0.15, -0.1) is 0 Å². The molecule has 1 N–H and O–H groups in total. The van der Waals surface area contributed by atoms with Gasteiger partial charge in [0.15, 0.2) is 0 Å². The predicted molar refractivity (Wildman–Crippen MR) is 168 cm³/mol. The summed E-state index contributed by atoms with van der Waals surface area (Å²) >= 11 is 0. The first-order chi connectivity index (χ1) is 20.3. The van der Waals surface area contributed by atoms with Crippen molar-refractivity contribution in [3.63, 3.8) is 0 Å². The third kappa shape index (κ3) is 8.75. The molecule has 2 aliphatic heterocycles. The van der Waals surface area contributed by atoms with Crippen LogP contribution in [0.5, 0.6) is 17.2 Å². The Kier molecular flexibility index (Phi) is 11.4. The van der Waals surface area contributed by atoms with Gasteiger partial charge in [0.1, 0.15) is 17.2 Å². The van der Waals surface area contributed by atoms with E-state index in [1.807, 2.05) is 6.07 Å². The van der Waals surface area contributed by atoms with E-state index in [0.717, 1.165) is 30.1 Å². The zero-order valence-electron chi connectivity index (χ0n) is 24.8. The van der Waals surface area contributed by atoms with E-state index in [9.17, 15) is 5.11 Å². The van der Waals surface area contributed by atoms with Gasteiger partial charge < -0.3 is 19.5 Å². The molecule has 4 heteroatoms. The van der Waals surface area contributed by atoms with Crippen LogP contribution in [0.3, 0.4) is 0 Å². The highest BCUT2D eigenvalue weighted by atomic mass is 16.5. The van der Waals surface area contributed by atoms with Crippen molar-refractivity contribution in [2.24, 2.45) is 0 Å². The summed E-state index contributed by atoms with van der Waals surface area (Å²) in [5, 5.41) is 10.0. The molecule has 3 aromatic carbocycles. The van der Waals surface area contributed by atoms with Crippen LogP contribution < -0.4 is 9.47 Å². The molecule has 0 spiro atoms. The van der Waals surface area contributed by atoms with Gasteiger partial charge >= 0.3 is 0 Å². The molecule has 0 bridgehead atoms. The summed E-state index contributed by atoms with van der Waals surface area (Å²) in [4.78, 5) is 2.64. The van der Waals surface area contributed by atoms with Crippen LogP contribution in [0.2, 0.25) is 0 Å². The van der Waals surface area contributed by atoms with E-state index in [1.54, 1.807) is 12.1 Å². The van der Waals surface area contributed by atoms with Gasteiger partial charge in [-0.1, -0.05) is 99.9 Å². The monoisotopic (exact) mass is 555 g/mol. The Hall–Kier alpha value is -2.98. The fraction of sp³-hybridized carbons (Fsp3) is 0.514. The molecule has 0 unspecified atom stereocenters. The topological polar surface area (TPSA) is 41.9 Å². The lowest BCUT2D eigenvalue weighted by molar-refractivity contribution is 0.247. The Morgan fingerprint density at radius 2 is 1.37 bits per heavy atom. The fourth-order valence-electron chi connectivity index (χ4n) is 6.62. The second-order valence-corrected chi connectivity index (χ2v) is 12.0. The Labute approximate surface area is 247 Å². The highest BCUT2D eigenvalue weighted by molar-refractivity contribution is 5.50. The summed E-state index contributed by atoms with van der Waals surface area (Å²) in [7, 11) is 0. The van der Waals surface area contributed by atoms with Crippen molar-refractivity contribution >= 4 is 0 Å². The molecule has 4 nitrogen and oxygen atoms in total. The number of unbranched alkanes of at least 4 members (excludes halogenated alkanes) is 9. The molecule has 5 rings (SSSR count). The first kappa shape index (κ1) is 29.5. The smallest absolute Gasteiger partial charge is 0.126 e. The normalized spacial score (nSPS) is 18.6. The molecule has 2 aliphatic rings. The van der Waals surface area contributed by atoms with Crippen molar-refractivity contribution < 1.29 is 14.6 Å². The third-order valence-corrected chi connectivity index (χ3v) is 8.96. The van der Waals surface area contributed by atoms with Crippen molar-refractivity contribution in [2.75, 3.05) is 32.8 Å². The summed E-state index contributed by atoms with van der Waals surface area (Å²) in [6.07, 6.45) is 16.3. The summed E-state index contributed by atoms with van der Waals surface area (Å²) in [6, 6.07) is 24.7. The SMILES string of the molecule is Oc1ccc2c(c1)OC[C@H](c1ccccc1)[C@H]2c1ccc(OCCCCCCCCCCCCN2CCCC2)cc1. The van der Waals surface area contributed by atoms with Crippen molar-refractivity contribution in [1.29, 1.82) is 0 Å². The molecule has 0 radical (unpaired) electrons. The Morgan fingerprint density at radius 1 is 0.707 bits per heavy atom. The molecule has 3 aromatic rings. The number of fused-ring (bicyclic) bond motifs is 1. The number of hydrogen-bond donors (Lipinski definition) is 1. The minimum absolute atomic E-state index is 0.158. The average molecular weight is 556 g/mol. The van der Waals surface area contributed by atoms with Gasteiger partial charge in [-0.3, -0.25) is 0 Å². The maximum absolute atomic E-state index is 10.0. The van der Waals surface area contributed by atoms with Crippen LogP contribution in [0.1, 0.15) is 106 Å². The number of aromatic hydroxyl groups is 1. The minimum atomic E-state index is 0.158. The van der Waals surface area contributed by atoms with E-state index in [0.29, 0.717) is 6.61 Å². The Morgan fingerprint density at radius 3 is 2.07 bits per heavy atom. The maximum Gasteiger partial charge on any atom is 0.126 e. The quantitative estimate of drug-likeness (QED) is 0.179. The number of benzene rings is 3. The first-order valence-electron chi connectivity index (χ1n) is 16.2. The highest BCUT2D eigenvalue weighted by Crippen LogP contribution is 2.47. The van der Waals surface area contributed by atoms with E-state index in [4.69, 9.17) is 9.47 Å². The van der Waals surface area contributed by atoms with Crippen LogP contribution in [0.4, 0.5) is 0 Å². The summed E-state index contributed by atoms with van der Waals surface area (Å²) in [5.41, 5.74) is 3.63. The van der Waals surface area contributed by atoms with Gasteiger partial charge in [0.25, 0.3) is 0 Å². The number of ether oxygens (including phenoxy) is 2. The van der Waals surface area contributed by atoms with Gasteiger partial charge in [-0.2, -0.15) is 0 Å². The second kappa shape index (κ2) is 15.9. The summed E-state index contributed by atoms with van der Waals surface area (Å²) in [5.74, 6) is 2.32. The van der Waals surface area contributed by atoms with Gasteiger partial charge in [-0.05, 0) is 74.6 Å². The molecule has 0 amide bonds. The van der Waals surface area contributed by atoms with E-state index >= 15 is 0 Å². The molecule has 2 heterocycles. The number of phenols is 1. The number of hydrogen-bond acceptors (Lipinski definition) is 4. The van der Waals surface area contributed by atoms with Crippen LogP contribution in [-0.4, -0.2) is 42.9 Å². The number of nitrogens with zero attached hydrogens (tertiary/aromatic N) is 1. The van der Waals surface area contributed by atoms with Crippen LogP contribution >= 0.6 is 0 Å². The van der Waals surface area contributed by atoms with E-state index in [1.165, 1.54) is 101 Å². The van der Waals surface area contributed by atoms with Crippen molar-refractivity contribution in [2.45, 2.75) is 88.9 Å². The van der Waals surface area contributed by atoms with Gasteiger partial charge in [0.2, 0.25) is 0 Å². The molecule has 41 heavy (non-hydrogen) atoms. The molecule has 1 saturated heterocycles. The fourth-order valence-corrected chi connectivity index (χ4v) is 6.62. The third-order valence-electron chi connectivity index (χ3n) is 8.96. The molecule has 220 valence electrons. The molecule has 0 aromatic heterocycles. The zero-order chi connectivity index (χ0) is 28.1. The van der Waals surface area contributed by atoms with Crippen molar-refractivity contribution in [3.05, 3.63) is 89.5 Å². The lowest BCUT2D eigenvalue weighted by atomic mass is 9.76. The number of likely N-dealkylation sites (tertiary alicyclic amines) is 1. The van der Waals surface area contributed by atoms with E-state index in [2.05, 4.69) is 59.5 Å². The second-order valence-electron chi connectivity index (χ2n) is 12.0. The van der Waals surface area contributed by atoms with Crippen molar-refractivity contribution in [3.8, 4) is 17.2 Å². The zero-order valence-corrected chi connectivity index (χ0v) is 24.8. The van der Waals surface area contributed by atoms with Gasteiger partial charge in [0, 0.05) is 23.5 Å². The number of phenolic OH excluding ortho intramolecular Hbond substituents is 1. The average Bonchev–Trinajstić information content (AvgIpc) is 3.53. The first-order valence-corrected chi connectivity index (χ1v) is 16.2. The molecular weight excluding hydrogens is 506 g/mol. The van der Waals surface area contributed by atoms with E-state index < -0.39 is 0 Å². The maximum atomic E-state index is 10.0. The van der Waals surface area contributed by atoms with Gasteiger partial charge in [-0.25, -0.2) is 0 Å². The van der Waals surface area contributed by atoms with Crippen LogP contribution in [0.15, 0.2) is 72.8 Å². The lowest BCUT2D eigenvalue weighted by Crippen LogP contribution is -2.25. The Bertz CT molecular complexity index is 1160. The predicted octanol–water partition coefficient (Wildman–Crippen LogP) is 9.08. The van der Waals surface area contributed by atoms with Crippen LogP contribution in [0, 0.1) is 0 Å². The summed E-state index contributed by atoms with van der Waals surface area (Å²) < 4.78 is 12.2. The van der Waals surface area contributed by atoms with Crippen molar-refractivity contribution in [1.82, 2.24) is 4.90 Å². The largest absolute Gasteiger partial charge is 0.508 e. The molecule has 0 saturated carbocycles. The Balaban J connectivity index is 1.00. The van der Waals surface area contributed by atoms with Gasteiger partial charge in [0.05, 0.1) is 13.2 Å². The van der Waals surface area contributed by atoms with Crippen LogP contribution in [-0.2, 0) is 0 Å². The number of rotatable bonds is 16. The van der Waals surface area contributed by atoms with E-state index in [-0.39, 0.29) is 17.6 Å². The molecule has 2 atom stereocenters. The van der Waals surface area contributed by atoms with Crippen LogP contribution in [0.25, 0.3) is 0 Å². The molecule has 1 fully saturated rings.